The summed E-state index contributed by atoms with van der Waals surface area (Å²) in [4.78, 5) is 5.47. The lowest BCUT2D eigenvalue weighted by atomic mass is 9.97. The Hall–Kier alpha value is -0.120. The highest BCUT2D eigenvalue weighted by molar-refractivity contribution is 4.84. The number of piperidine rings is 2. The molecule has 0 spiro atoms. The molecule has 2 N–H and O–H groups in total. The molecule has 3 aliphatic rings. The van der Waals surface area contributed by atoms with Crippen LogP contribution in [0.25, 0.3) is 0 Å². The van der Waals surface area contributed by atoms with Gasteiger partial charge in [-0.1, -0.05) is 12.8 Å². The van der Waals surface area contributed by atoms with Gasteiger partial charge >= 0.3 is 0 Å². The van der Waals surface area contributed by atoms with Crippen molar-refractivity contribution in [1.82, 2.24) is 9.80 Å². The van der Waals surface area contributed by atoms with Crippen molar-refractivity contribution in [1.29, 1.82) is 0 Å². The van der Waals surface area contributed by atoms with Crippen LogP contribution in [0, 0.1) is 5.92 Å². The molecule has 0 amide bonds. The van der Waals surface area contributed by atoms with Gasteiger partial charge in [-0.25, -0.2) is 0 Å². The quantitative estimate of drug-likeness (QED) is 0.858. The van der Waals surface area contributed by atoms with Gasteiger partial charge in [0.2, 0.25) is 0 Å². The van der Waals surface area contributed by atoms with Gasteiger partial charge in [-0.3, -0.25) is 0 Å². The molecular formula is C17H33N3. The predicted octanol–water partition coefficient (Wildman–Crippen LogP) is 2.45. The normalized spacial score (nSPS) is 34.6. The van der Waals surface area contributed by atoms with Gasteiger partial charge in [0.15, 0.2) is 0 Å². The van der Waals surface area contributed by atoms with Crippen LogP contribution in [0.1, 0.15) is 57.8 Å². The number of hydrogen-bond donors (Lipinski definition) is 1. The maximum Gasteiger partial charge on any atom is 0.0120 e. The Morgan fingerprint density at radius 1 is 0.800 bits per heavy atom. The monoisotopic (exact) mass is 279 g/mol. The van der Waals surface area contributed by atoms with Crippen molar-refractivity contribution in [3.63, 3.8) is 0 Å². The third kappa shape index (κ3) is 3.75. The third-order valence-electron chi connectivity index (χ3n) is 6.00. The highest BCUT2D eigenvalue weighted by atomic mass is 15.2. The smallest absolute Gasteiger partial charge is 0.0120 e. The maximum atomic E-state index is 6.19. The first kappa shape index (κ1) is 14.8. The minimum absolute atomic E-state index is 0.501. The van der Waals surface area contributed by atoms with Gasteiger partial charge in [0.25, 0.3) is 0 Å². The van der Waals surface area contributed by atoms with Crippen molar-refractivity contribution in [2.24, 2.45) is 11.7 Å². The van der Waals surface area contributed by atoms with E-state index in [-0.39, 0.29) is 0 Å². The molecule has 2 aliphatic heterocycles. The fourth-order valence-corrected chi connectivity index (χ4v) is 4.56. The molecule has 1 saturated carbocycles. The number of likely N-dealkylation sites (tertiary alicyclic amines) is 2. The molecule has 3 heteroatoms. The summed E-state index contributed by atoms with van der Waals surface area (Å²) in [6.07, 6.45) is 12.5. The molecule has 3 rings (SSSR count). The van der Waals surface area contributed by atoms with Crippen molar-refractivity contribution < 1.29 is 0 Å². The van der Waals surface area contributed by atoms with E-state index in [1.807, 2.05) is 0 Å². The standard InChI is InChI=1S/C17H33N3/c18-17-6-4-5-15(17)7-12-19-13-8-16(9-14-19)20-10-2-1-3-11-20/h15-17H,1-14,18H2. The zero-order valence-corrected chi connectivity index (χ0v) is 13.1. The van der Waals surface area contributed by atoms with Crippen LogP contribution in [-0.2, 0) is 0 Å². The van der Waals surface area contributed by atoms with Gasteiger partial charge in [0, 0.05) is 12.1 Å². The zero-order chi connectivity index (χ0) is 13.8. The van der Waals surface area contributed by atoms with Crippen LogP contribution in [0.3, 0.4) is 0 Å². The van der Waals surface area contributed by atoms with Crippen molar-refractivity contribution in [2.75, 3.05) is 32.7 Å². The Morgan fingerprint density at radius 3 is 2.20 bits per heavy atom. The highest BCUT2D eigenvalue weighted by Crippen LogP contribution is 2.28. The van der Waals surface area contributed by atoms with Crippen LogP contribution in [0.15, 0.2) is 0 Å². The Bertz CT molecular complexity index is 280. The van der Waals surface area contributed by atoms with E-state index in [1.54, 1.807) is 0 Å². The van der Waals surface area contributed by atoms with Crippen LogP contribution in [-0.4, -0.2) is 54.6 Å². The number of nitrogens with two attached hydrogens (primary N) is 1. The third-order valence-corrected chi connectivity index (χ3v) is 6.00. The average molecular weight is 279 g/mol. The summed E-state index contributed by atoms with van der Waals surface area (Å²) in [5.41, 5.74) is 6.19. The second-order valence-corrected chi connectivity index (χ2v) is 7.31. The summed E-state index contributed by atoms with van der Waals surface area (Å²) in [5, 5.41) is 0. The van der Waals surface area contributed by atoms with Gasteiger partial charge < -0.3 is 15.5 Å². The lowest BCUT2D eigenvalue weighted by molar-refractivity contribution is 0.0897. The van der Waals surface area contributed by atoms with Crippen molar-refractivity contribution in [3.05, 3.63) is 0 Å². The molecule has 116 valence electrons. The fourth-order valence-electron chi connectivity index (χ4n) is 4.56. The number of hydrogen-bond acceptors (Lipinski definition) is 3. The molecule has 3 fully saturated rings. The lowest BCUT2D eigenvalue weighted by Crippen LogP contribution is -2.47. The second-order valence-electron chi connectivity index (χ2n) is 7.31. The Morgan fingerprint density at radius 2 is 1.55 bits per heavy atom. The van der Waals surface area contributed by atoms with Crippen LogP contribution >= 0.6 is 0 Å². The number of nitrogens with zero attached hydrogens (tertiary/aromatic N) is 2. The summed E-state index contributed by atoms with van der Waals surface area (Å²) >= 11 is 0. The molecule has 0 aromatic heterocycles. The van der Waals surface area contributed by atoms with E-state index in [4.69, 9.17) is 5.73 Å². The van der Waals surface area contributed by atoms with E-state index < -0.39 is 0 Å². The first-order valence-electron chi connectivity index (χ1n) is 9.05. The van der Waals surface area contributed by atoms with E-state index in [1.165, 1.54) is 90.5 Å². The zero-order valence-electron chi connectivity index (χ0n) is 13.1. The van der Waals surface area contributed by atoms with E-state index >= 15 is 0 Å². The maximum absolute atomic E-state index is 6.19. The largest absolute Gasteiger partial charge is 0.327 e. The Balaban J connectivity index is 1.35. The summed E-state index contributed by atoms with van der Waals surface area (Å²) in [6, 6.07) is 1.39. The van der Waals surface area contributed by atoms with Crippen LogP contribution in [0.2, 0.25) is 0 Å². The SMILES string of the molecule is NC1CCCC1CCN1CCC(N2CCCCC2)CC1. The molecule has 0 aromatic carbocycles. The summed E-state index contributed by atoms with van der Waals surface area (Å²) in [7, 11) is 0. The molecule has 2 atom stereocenters. The first-order chi connectivity index (χ1) is 9.83. The average Bonchev–Trinajstić information content (AvgIpc) is 2.92. The molecule has 3 nitrogen and oxygen atoms in total. The predicted molar refractivity (Wildman–Crippen MR) is 84.8 cm³/mol. The minimum atomic E-state index is 0.501. The van der Waals surface area contributed by atoms with Crippen LogP contribution in [0.4, 0.5) is 0 Å². The molecule has 2 unspecified atom stereocenters. The fraction of sp³-hybridized carbons (Fsp3) is 1.00. The van der Waals surface area contributed by atoms with E-state index in [0.717, 1.165) is 12.0 Å². The van der Waals surface area contributed by atoms with Crippen molar-refractivity contribution >= 4 is 0 Å². The van der Waals surface area contributed by atoms with E-state index in [2.05, 4.69) is 9.80 Å². The summed E-state index contributed by atoms with van der Waals surface area (Å²) in [6.45, 7) is 6.67. The first-order valence-corrected chi connectivity index (χ1v) is 9.05. The van der Waals surface area contributed by atoms with E-state index in [9.17, 15) is 0 Å². The molecule has 0 radical (unpaired) electrons. The molecule has 20 heavy (non-hydrogen) atoms. The summed E-state index contributed by atoms with van der Waals surface area (Å²) < 4.78 is 0. The van der Waals surface area contributed by atoms with Crippen molar-refractivity contribution in [2.45, 2.75) is 69.9 Å². The molecule has 0 aromatic rings. The van der Waals surface area contributed by atoms with Gasteiger partial charge in [0.05, 0.1) is 0 Å². The summed E-state index contributed by atoms with van der Waals surface area (Å²) in [5.74, 6) is 0.815. The van der Waals surface area contributed by atoms with Crippen molar-refractivity contribution in [3.8, 4) is 0 Å². The molecular weight excluding hydrogens is 246 g/mol. The van der Waals surface area contributed by atoms with Crippen LogP contribution < -0.4 is 5.73 Å². The second kappa shape index (κ2) is 7.24. The highest BCUT2D eigenvalue weighted by Gasteiger charge is 2.27. The topological polar surface area (TPSA) is 32.5 Å². The Kier molecular flexibility index (Phi) is 5.36. The number of rotatable bonds is 4. The molecule has 0 bridgehead atoms. The van der Waals surface area contributed by atoms with Gasteiger partial charge in [-0.2, -0.15) is 0 Å². The minimum Gasteiger partial charge on any atom is -0.327 e. The van der Waals surface area contributed by atoms with Crippen LogP contribution in [0.5, 0.6) is 0 Å². The van der Waals surface area contributed by atoms with Gasteiger partial charge in [-0.15, -0.1) is 0 Å². The van der Waals surface area contributed by atoms with E-state index in [0.29, 0.717) is 6.04 Å². The lowest BCUT2D eigenvalue weighted by Gasteiger charge is -2.40. The molecule has 2 heterocycles. The molecule has 2 saturated heterocycles. The van der Waals surface area contributed by atoms with Gasteiger partial charge in [0.1, 0.15) is 0 Å². The Labute approximate surface area is 124 Å². The molecule has 1 aliphatic carbocycles. The van der Waals surface area contributed by atoms with Gasteiger partial charge in [-0.05, 0) is 83.6 Å².